The van der Waals surface area contributed by atoms with E-state index in [0.29, 0.717) is 25.4 Å². The fourth-order valence-electron chi connectivity index (χ4n) is 3.17. The van der Waals surface area contributed by atoms with Gasteiger partial charge in [-0.25, -0.2) is 8.42 Å². The van der Waals surface area contributed by atoms with E-state index in [9.17, 15) is 13.2 Å². The Bertz CT molecular complexity index is 608. The van der Waals surface area contributed by atoms with E-state index in [1.807, 2.05) is 37.4 Å². The zero-order valence-corrected chi connectivity index (χ0v) is 15.2. The van der Waals surface area contributed by atoms with Crippen LogP contribution in [0.3, 0.4) is 0 Å². The quantitative estimate of drug-likeness (QED) is 0.770. The molecule has 1 amide bonds. The van der Waals surface area contributed by atoms with E-state index in [2.05, 4.69) is 5.32 Å². The molecule has 1 aliphatic rings. The average Bonchev–Trinajstić information content (AvgIpc) is 2.56. The van der Waals surface area contributed by atoms with Gasteiger partial charge in [-0.2, -0.15) is 0 Å². The fraction of sp³-hybridized carbons (Fsp3) is 0.611. The van der Waals surface area contributed by atoms with E-state index in [0.717, 1.165) is 31.4 Å². The predicted octanol–water partition coefficient (Wildman–Crippen LogP) is 1.49. The van der Waals surface area contributed by atoms with Crippen LogP contribution in [-0.2, 0) is 21.1 Å². The van der Waals surface area contributed by atoms with Gasteiger partial charge in [-0.1, -0.05) is 30.3 Å². The highest BCUT2D eigenvalue weighted by atomic mass is 32.2. The predicted molar refractivity (Wildman–Crippen MR) is 96.6 cm³/mol. The Hall–Kier alpha value is -1.40. The van der Waals surface area contributed by atoms with Crippen LogP contribution in [0, 0.1) is 5.92 Å². The van der Waals surface area contributed by atoms with Gasteiger partial charge in [-0.05, 0) is 50.8 Å². The molecule has 1 aromatic carbocycles. The van der Waals surface area contributed by atoms with Crippen LogP contribution < -0.4 is 5.32 Å². The highest BCUT2D eigenvalue weighted by Crippen LogP contribution is 2.17. The molecule has 5 nitrogen and oxygen atoms in total. The van der Waals surface area contributed by atoms with E-state index >= 15 is 0 Å². The fourth-order valence-corrected chi connectivity index (χ4v) is 4.45. The molecule has 0 spiro atoms. The summed E-state index contributed by atoms with van der Waals surface area (Å²) in [6.45, 7) is 2.30. The maximum absolute atomic E-state index is 12.2. The molecule has 0 unspecified atom stereocenters. The highest BCUT2D eigenvalue weighted by Gasteiger charge is 2.25. The second-order valence-corrected chi connectivity index (χ2v) is 8.75. The molecule has 1 fully saturated rings. The number of carbonyl (C=O) groups is 1. The van der Waals surface area contributed by atoms with E-state index in [4.69, 9.17) is 0 Å². The number of nitrogens with one attached hydrogen (secondary N) is 1. The Morgan fingerprint density at radius 3 is 2.50 bits per heavy atom. The SMILES string of the molecule is CNCC1CCN(C(=O)CS(=O)(=O)CCCc2ccccc2)CC1. The topological polar surface area (TPSA) is 66.5 Å². The molecule has 1 aliphatic heterocycles. The van der Waals surface area contributed by atoms with Crippen LogP contribution in [0.15, 0.2) is 30.3 Å². The normalized spacial score (nSPS) is 16.3. The molecule has 134 valence electrons. The van der Waals surface area contributed by atoms with Gasteiger partial charge in [0.25, 0.3) is 0 Å². The third-order valence-electron chi connectivity index (χ3n) is 4.57. The molecule has 6 heteroatoms. The summed E-state index contributed by atoms with van der Waals surface area (Å²) in [7, 11) is -1.40. The molecule has 1 N–H and O–H groups in total. The second-order valence-electron chi connectivity index (χ2n) is 6.56. The molecule has 1 heterocycles. The molecular formula is C18H28N2O3S. The van der Waals surface area contributed by atoms with Crippen molar-refractivity contribution in [1.29, 1.82) is 0 Å². The Labute approximate surface area is 145 Å². The molecule has 0 aliphatic carbocycles. The number of likely N-dealkylation sites (tertiary alicyclic amines) is 1. The van der Waals surface area contributed by atoms with Gasteiger partial charge in [0.2, 0.25) is 5.91 Å². The van der Waals surface area contributed by atoms with Crippen molar-refractivity contribution in [3.05, 3.63) is 35.9 Å². The lowest BCUT2D eigenvalue weighted by Crippen LogP contribution is -2.43. The van der Waals surface area contributed by atoms with Crippen LogP contribution in [0.25, 0.3) is 0 Å². The molecule has 1 aromatic rings. The Morgan fingerprint density at radius 1 is 1.21 bits per heavy atom. The van der Waals surface area contributed by atoms with Crippen LogP contribution in [0.2, 0.25) is 0 Å². The van der Waals surface area contributed by atoms with Crippen molar-refractivity contribution in [3.8, 4) is 0 Å². The summed E-state index contributed by atoms with van der Waals surface area (Å²) in [5, 5.41) is 3.16. The van der Waals surface area contributed by atoms with Crippen molar-refractivity contribution in [2.75, 3.05) is 38.2 Å². The average molecular weight is 353 g/mol. The van der Waals surface area contributed by atoms with Gasteiger partial charge in [0.15, 0.2) is 9.84 Å². The van der Waals surface area contributed by atoms with Gasteiger partial charge in [-0.3, -0.25) is 4.79 Å². The first-order valence-electron chi connectivity index (χ1n) is 8.67. The maximum atomic E-state index is 12.2. The van der Waals surface area contributed by atoms with Gasteiger partial charge in [0.1, 0.15) is 5.75 Å². The monoisotopic (exact) mass is 352 g/mol. The number of sulfone groups is 1. The van der Waals surface area contributed by atoms with Crippen molar-refractivity contribution in [2.24, 2.45) is 5.92 Å². The molecule has 0 radical (unpaired) electrons. The Morgan fingerprint density at radius 2 is 1.88 bits per heavy atom. The molecule has 1 saturated heterocycles. The van der Waals surface area contributed by atoms with Crippen LogP contribution in [0.4, 0.5) is 0 Å². The summed E-state index contributed by atoms with van der Waals surface area (Å²) in [5.41, 5.74) is 1.13. The van der Waals surface area contributed by atoms with Crippen molar-refractivity contribution < 1.29 is 13.2 Å². The zero-order valence-electron chi connectivity index (χ0n) is 14.4. The lowest BCUT2D eigenvalue weighted by Gasteiger charge is -2.31. The van der Waals surface area contributed by atoms with Gasteiger partial charge < -0.3 is 10.2 Å². The first-order valence-corrected chi connectivity index (χ1v) is 10.5. The number of nitrogens with zero attached hydrogens (tertiary/aromatic N) is 1. The van der Waals surface area contributed by atoms with Crippen LogP contribution in [-0.4, -0.2) is 57.4 Å². The summed E-state index contributed by atoms with van der Waals surface area (Å²) >= 11 is 0. The highest BCUT2D eigenvalue weighted by molar-refractivity contribution is 7.92. The van der Waals surface area contributed by atoms with E-state index in [1.54, 1.807) is 4.90 Å². The van der Waals surface area contributed by atoms with Crippen LogP contribution in [0.1, 0.15) is 24.8 Å². The molecule has 0 aromatic heterocycles. The summed E-state index contributed by atoms with van der Waals surface area (Å²) < 4.78 is 24.4. The minimum Gasteiger partial charge on any atom is -0.342 e. The molecule has 0 bridgehead atoms. The summed E-state index contributed by atoms with van der Waals surface area (Å²) in [6.07, 6.45) is 3.18. The zero-order chi connectivity index (χ0) is 17.4. The Balaban J connectivity index is 1.74. The number of rotatable bonds is 8. The van der Waals surface area contributed by atoms with Gasteiger partial charge in [0, 0.05) is 13.1 Å². The second kappa shape index (κ2) is 9.18. The van der Waals surface area contributed by atoms with Gasteiger partial charge >= 0.3 is 0 Å². The first-order chi connectivity index (χ1) is 11.5. The van der Waals surface area contributed by atoms with Gasteiger partial charge in [-0.15, -0.1) is 0 Å². The van der Waals surface area contributed by atoms with Crippen molar-refractivity contribution in [1.82, 2.24) is 10.2 Å². The van der Waals surface area contributed by atoms with Crippen molar-refractivity contribution in [2.45, 2.75) is 25.7 Å². The van der Waals surface area contributed by atoms with Crippen LogP contribution >= 0.6 is 0 Å². The lowest BCUT2D eigenvalue weighted by molar-refractivity contribution is -0.129. The molecule has 0 atom stereocenters. The standard InChI is InChI=1S/C18H28N2O3S/c1-19-14-17-9-11-20(12-10-17)18(21)15-24(22,23)13-5-8-16-6-3-2-4-7-16/h2-4,6-7,17,19H,5,8-15H2,1H3. The number of hydrogen-bond acceptors (Lipinski definition) is 4. The summed E-state index contributed by atoms with van der Waals surface area (Å²) in [5.74, 6) is 0.0710. The number of aryl methyl sites for hydroxylation is 1. The van der Waals surface area contributed by atoms with E-state index in [1.165, 1.54) is 0 Å². The van der Waals surface area contributed by atoms with Crippen LogP contribution in [0.5, 0.6) is 0 Å². The molecule has 2 rings (SSSR count). The minimum absolute atomic E-state index is 0.0733. The summed E-state index contributed by atoms with van der Waals surface area (Å²) in [6, 6.07) is 9.83. The number of hydrogen-bond donors (Lipinski definition) is 1. The van der Waals surface area contributed by atoms with E-state index < -0.39 is 9.84 Å². The molecular weight excluding hydrogens is 324 g/mol. The number of carbonyl (C=O) groups excluding carboxylic acids is 1. The van der Waals surface area contributed by atoms with Gasteiger partial charge in [0.05, 0.1) is 5.75 Å². The number of benzene rings is 1. The van der Waals surface area contributed by atoms with E-state index in [-0.39, 0.29) is 17.4 Å². The lowest BCUT2D eigenvalue weighted by atomic mass is 9.97. The smallest absolute Gasteiger partial charge is 0.237 e. The first kappa shape index (κ1) is 18.9. The largest absolute Gasteiger partial charge is 0.342 e. The molecule has 0 saturated carbocycles. The Kier molecular flexibility index (Phi) is 7.24. The van der Waals surface area contributed by atoms with Crippen molar-refractivity contribution in [3.63, 3.8) is 0 Å². The molecule has 24 heavy (non-hydrogen) atoms. The van der Waals surface area contributed by atoms with Crippen molar-refractivity contribution >= 4 is 15.7 Å². The minimum atomic E-state index is -3.33. The maximum Gasteiger partial charge on any atom is 0.237 e. The number of amides is 1. The summed E-state index contributed by atoms with van der Waals surface area (Å²) in [4.78, 5) is 14.0. The number of piperidine rings is 1. The third kappa shape index (κ3) is 6.24. The third-order valence-corrected chi connectivity index (χ3v) is 6.16.